The minimum absolute atomic E-state index is 0.00118. The molecule has 0 saturated carbocycles. The fourth-order valence-electron chi connectivity index (χ4n) is 2.95. The van der Waals surface area contributed by atoms with Gasteiger partial charge < -0.3 is 4.52 Å². The summed E-state index contributed by atoms with van der Waals surface area (Å²) in [4.78, 5) is 13.8. The van der Waals surface area contributed by atoms with Crippen molar-refractivity contribution in [2.24, 2.45) is 0 Å². The molecular weight excluding hydrogens is 322 g/mol. The van der Waals surface area contributed by atoms with Gasteiger partial charge in [0.05, 0.1) is 22.5 Å². The number of benzene rings is 1. The Bertz CT molecular complexity index is 1020. The summed E-state index contributed by atoms with van der Waals surface area (Å²) in [7, 11) is 0. The highest BCUT2D eigenvalue weighted by Crippen LogP contribution is 2.25. The third-order valence-electron chi connectivity index (χ3n) is 4.02. The Labute approximate surface area is 142 Å². The van der Waals surface area contributed by atoms with Gasteiger partial charge in [-0.15, -0.1) is 11.3 Å². The second-order valence-electron chi connectivity index (χ2n) is 5.67. The van der Waals surface area contributed by atoms with Crippen molar-refractivity contribution in [3.05, 3.63) is 64.0 Å². The molecule has 0 bridgehead atoms. The molecular formula is C18H17N3O2S. The van der Waals surface area contributed by atoms with Gasteiger partial charge in [-0.1, -0.05) is 30.3 Å². The molecule has 0 spiro atoms. The summed E-state index contributed by atoms with van der Waals surface area (Å²) < 4.78 is 9.02. The third kappa shape index (κ3) is 2.49. The molecule has 0 N–H and O–H groups in total. The highest BCUT2D eigenvalue weighted by atomic mass is 32.1. The van der Waals surface area contributed by atoms with Crippen LogP contribution in [0.15, 0.2) is 57.2 Å². The highest BCUT2D eigenvalue weighted by Gasteiger charge is 2.15. The van der Waals surface area contributed by atoms with Crippen molar-refractivity contribution in [1.82, 2.24) is 14.3 Å². The molecule has 3 heterocycles. The van der Waals surface area contributed by atoms with Gasteiger partial charge in [0.25, 0.3) is 0 Å². The van der Waals surface area contributed by atoms with Crippen molar-refractivity contribution < 1.29 is 4.52 Å². The van der Waals surface area contributed by atoms with E-state index < -0.39 is 0 Å². The van der Waals surface area contributed by atoms with E-state index in [0.29, 0.717) is 13.1 Å². The van der Waals surface area contributed by atoms with Gasteiger partial charge in [-0.2, -0.15) is 0 Å². The lowest BCUT2D eigenvalue weighted by Gasteiger charge is -1.99. The molecule has 0 aliphatic rings. The number of rotatable bonds is 5. The third-order valence-corrected chi connectivity index (χ3v) is 4.90. The van der Waals surface area contributed by atoms with Gasteiger partial charge in [-0.25, -0.2) is 4.79 Å². The number of aromatic nitrogens is 3. The summed E-state index contributed by atoms with van der Waals surface area (Å²) in [5.74, 6) is 0.741. The topological polar surface area (TPSA) is 53.0 Å². The standard InChI is InChI=1S/C18H17N3O2S/c1-2-9-20-14-6-3-4-7-15(14)21(18(20)22)12-13-11-16(23-19-13)17-8-5-10-24-17/h3-8,10-11H,2,9,12H2,1H3. The molecule has 0 radical (unpaired) electrons. The number of fused-ring (bicyclic) bond motifs is 1. The van der Waals surface area contributed by atoms with Crippen LogP contribution in [0, 0.1) is 0 Å². The Morgan fingerprint density at radius 1 is 1.12 bits per heavy atom. The largest absolute Gasteiger partial charge is 0.355 e. The normalized spacial score (nSPS) is 11.4. The zero-order valence-electron chi connectivity index (χ0n) is 13.3. The van der Waals surface area contributed by atoms with Crippen LogP contribution in [0.1, 0.15) is 19.0 Å². The van der Waals surface area contributed by atoms with Crippen LogP contribution in [0.5, 0.6) is 0 Å². The van der Waals surface area contributed by atoms with Gasteiger partial charge in [0.15, 0.2) is 5.76 Å². The molecule has 0 unspecified atom stereocenters. The molecule has 5 nitrogen and oxygen atoms in total. The lowest BCUT2D eigenvalue weighted by molar-refractivity contribution is 0.421. The Kier molecular flexibility index (Phi) is 3.82. The van der Waals surface area contributed by atoms with Crippen molar-refractivity contribution in [3.8, 4) is 10.6 Å². The average molecular weight is 339 g/mol. The number of thiophene rings is 1. The molecule has 0 saturated heterocycles. The molecule has 0 amide bonds. The van der Waals surface area contributed by atoms with E-state index in [9.17, 15) is 4.79 Å². The molecule has 0 fully saturated rings. The summed E-state index contributed by atoms with van der Waals surface area (Å²) in [5.41, 5.74) is 2.64. The maximum atomic E-state index is 12.8. The predicted octanol–water partition coefficient (Wildman–Crippen LogP) is 3.98. The van der Waals surface area contributed by atoms with Crippen LogP contribution in [-0.2, 0) is 13.1 Å². The maximum absolute atomic E-state index is 12.8. The lowest BCUT2D eigenvalue weighted by atomic mass is 10.3. The van der Waals surface area contributed by atoms with Gasteiger partial charge >= 0.3 is 5.69 Å². The Morgan fingerprint density at radius 3 is 2.62 bits per heavy atom. The summed E-state index contributed by atoms with van der Waals surface area (Å²) in [6.07, 6.45) is 0.917. The highest BCUT2D eigenvalue weighted by molar-refractivity contribution is 7.13. The van der Waals surface area contributed by atoms with Gasteiger partial charge in [0, 0.05) is 12.6 Å². The molecule has 122 valence electrons. The summed E-state index contributed by atoms with van der Waals surface area (Å²) >= 11 is 1.61. The van der Waals surface area contributed by atoms with E-state index in [1.165, 1.54) is 0 Å². The number of aryl methyl sites for hydroxylation is 1. The first-order valence-electron chi connectivity index (χ1n) is 7.95. The van der Waals surface area contributed by atoms with E-state index in [1.54, 1.807) is 15.9 Å². The summed E-state index contributed by atoms with van der Waals surface area (Å²) in [6, 6.07) is 13.8. The van der Waals surface area contributed by atoms with E-state index in [-0.39, 0.29) is 5.69 Å². The van der Waals surface area contributed by atoms with Gasteiger partial charge in [0.1, 0.15) is 5.69 Å². The first kappa shape index (κ1) is 15.0. The van der Waals surface area contributed by atoms with Crippen LogP contribution < -0.4 is 5.69 Å². The van der Waals surface area contributed by atoms with Gasteiger partial charge in [-0.3, -0.25) is 9.13 Å². The van der Waals surface area contributed by atoms with Crippen LogP contribution in [0.2, 0.25) is 0 Å². The molecule has 0 atom stereocenters. The molecule has 0 aliphatic carbocycles. The van der Waals surface area contributed by atoms with Gasteiger partial charge in [-0.05, 0) is 30.0 Å². The second-order valence-corrected chi connectivity index (χ2v) is 6.62. The van der Waals surface area contributed by atoms with E-state index in [1.807, 2.05) is 52.4 Å². The van der Waals surface area contributed by atoms with E-state index in [2.05, 4.69) is 12.1 Å². The van der Waals surface area contributed by atoms with Crippen molar-refractivity contribution in [1.29, 1.82) is 0 Å². The van der Waals surface area contributed by atoms with Crippen LogP contribution in [0.4, 0.5) is 0 Å². The van der Waals surface area contributed by atoms with Crippen LogP contribution in [0.25, 0.3) is 21.7 Å². The van der Waals surface area contributed by atoms with E-state index in [0.717, 1.165) is 33.8 Å². The fourth-order valence-corrected chi connectivity index (χ4v) is 3.62. The van der Waals surface area contributed by atoms with Crippen molar-refractivity contribution in [3.63, 3.8) is 0 Å². The van der Waals surface area contributed by atoms with E-state index in [4.69, 9.17) is 4.52 Å². The number of imidazole rings is 1. The van der Waals surface area contributed by atoms with Crippen LogP contribution >= 0.6 is 11.3 Å². The van der Waals surface area contributed by atoms with Crippen molar-refractivity contribution in [2.45, 2.75) is 26.4 Å². The minimum Gasteiger partial charge on any atom is -0.355 e. The maximum Gasteiger partial charge on any atom is 0.329 e. The van der Waals surface area contributed by atoms with Crippen LogP contribution in [-0.4, -0.2) is 14.3 Å². The average Bonchev–Trinajstić information content (AvgIpc) is 3.32. The number of para-hydroxylation sites is 2. The number of nitrogens with zero attached hydrogens (tertiary/aromatic N) is 3. The second kappa shape index (κ2) is 6.13. The smallest absolute Gasteiger partial charge is 0.329 e. The van der Waals surface area contributed by atoms with E-state index >= 15 is 0 Å². The first-order valence-corrected chi connectivity index (χ1v) is 8.83. The Morgan fingerprint density at radius 2 is 1.92 bits per heavy atom. The zero-order valence-corrected chi connectivity index (χ0v) is 14.1. The summed E-state index contributed by atoms with van der Waals surface area (Å²) in [5, 5.41) is 6.13. The number of hydrogen-bond donors (Lipinski definition) is 0. The van der Waals surface area contributed by atoms with Crippen LogP contribution in [0.3, 0.4) is 0 Å². The molecule has 4 rings (SSSR count). The molecule has 6 heteroatoms. The molecule has 4 aromatic rings. The Balaban J connectivity index is 1.75. The van der Waals surface area contributed by atoms with Crippen molar-refractivity contribution >= 4 is 22.4 Å². The Hall–Kier alpha value is -2.60. The SMILES string of the molecule is CCCn1c(=O)n(Cc2cc(-c3cccs3)on2)c2ccccc21. The number of hydrogen-bond acceptors (Lipinski definition) is 4. The molecule has 24 heavy (non-hydrogen) atoms. The van der Waals surface area contributed by atoms with Crippen molar-refractivity contribution in [2.75, 3.05) is 0 Å². The molecule has 1 aromatic carbocycles. The molecule has 0 aliphatic heterocycles. The monoisotopic (exact) mass is 339 g/mol. The van der Waals surface area contributed by atoms with Gasteiger partial charge in [0.2, 0.25) is 0 Å². The summed E-state index contributed by atoms with van der Waals surface area (Å²) in [6.45, 7) is 3.19. The first-order chi connectivity index (χ1) is 11.8. The zero-order chi connectivity index (χ0) is 16.5. The fraction of sp³-hybridized carbons (Fsp3) is 0.222. The minimum atomic E-state index is -0.00118. The lowest BCUT2D eigenvalue weighted by Crippen LogP contribution is -2.24. The quantitative estimate of drug-likeness (QED) is 0.553. The molecule has 3 aromatic heterocycles. The predicted molar refractivity (Wildman–Crippen MR) is 95.4 cm³/mol.